The maximum absolute atomic E-state index is 13.3. The van der Waals surface area contributed by atoms with Gasteiger partial charge in [0.1, 0.15) is 12.4 Å². The van der Waals surface area contributed by atoms with Gasteiger partial charge < -0.3 is 15.4 Å². The monoisotopic (exact) mass is 472 g/mol. The SMILES string of the molecule is O=C(CCNC(=O)c1cc(F)ccc1Br)Nc1ncccc1OCc1ccncc1. The number of rotatable bonds is 8. The minimum absolute atomic E-state index is 0.0129. The summed E-state index contributed by atoms with van der Waals surface area (Å²) in [7, 11) is 0. The topological polar surface area (TPSA) is 93.2 Å². The smallest absolute Gasteiger partial charge is 0.252 e. The lowest BCUT2D eigenvalue weighted by molar-refractivity contribution is -0.116. The molecule has 0 aliphatic carbocycles. The Kier molecular flexibility index (Phi) is 7.45. The number of hydrogen-bond donors (Lipinski definition) is 2. The van der Waals surface area contributed by atoms with E-state index in [9.17, 15) is 14.0 Å². The minimum atomic E-state index is -0.518. The van der Waals surface area contributed by atoms with E-state index in [-0.39, 0.29) is 30.3 Å². The van der Waals surface area contributed by atoms with Crippen molar-refractivity contribution < 1.29 is 18.7 Å². The third kappa shape index (κ3) is 6.08. The van der Waals surface area contributed by atoms with Gasteiger partial charge in [-0.3, -0.25) is 14.6 Å². The number of carbonyl (C=O) groups excluding carboxylic acids is 2. The Morgan fingerprint density at radius 1 is 1.10 bits per heavy atom. The average Bonchev–Trinajstić information content (AvgIpc) is 2.75. The van der Waals surface area contributed by atoms with Crippen LogP contribution in [-0.4, -0.2) is 28.3 Å². The van der Waals surface area contributed by atoms with Crippen molar-refractivity contribution in [2.24, 2.45) is 0 Å². The standard InChI is InChI=1S/C21H18BrFN4O3/c22-17-4-3-15(23)12-16(17)21(29)26-11-7-19(28)27-20-18(2-1-8-25-20)30-13-14-5-9-24-10-6-14/h1-6,8-10,12H,7,11,13H2,(H,26,29)(H,25,27,28). The maximum Gasteiger partial charge on any atom is 0.252 e. The third-order valence-electron chi connectivity index (χ3n) is 3.98. The number of halogens is 2. The van der Waals surface area contributed by atoms with Crippen molar-refractivity contribution in [1.29, 1.82) is 0 Å². The molecule has 0 bridgehead atoms. The van der Waals surface area contributed by atoms with Crippen molar-refractivity contribution in [3.63, 3.8) is 0 Å². The van der Waals surface area contributed by atoms with E-state index in [0.29, 0.717) is 16.8 Å². The number of hydrogen-bond acceptors (Lipinski definition) is 5. The van der Waals surface area contributed by atoms with E-state index in [1.807, 2.05) is 12.1 Å². The quantitative estimate of drug-likeness (QED) is 0.521. The molecular weight excluding hydrogens is 455 g/mol. The molecule has 0 aliphatic rings. The molecule has 3 aromatic rings. The number of benzene rings is 1. The first kappa shape index (κ1) is 21.4. The first-order chi connectivity index (χ1) is 14.5. The lowest BCUT2D eigenvalue weighted by Crippen LogP contribution is -2.28. The molecule has 0 saturated heterocycles. The van der Waals surface area contributed by atoms with Gasteiger partial charge in [0.2, 0.25) is 5.91 Å². The molecule has 1 aromatic carbocycles. The van der Waals surface area contributed by atoms with Gasteiger partial charge in [-0.2, -0.15) is 0 Å². The van der Waals surface area contributed by atoms with Gasteiger partial charge in [0, 0.05) is 36.0 Å². The second-order valence-electron chi connectivity index (χ2n) is 6.17. The largest absolute Gasteiger partial charge is 0.485 e. The van der Waals surface area contributed by atoms with Gasteiger partial charge in [0.25, 0.3) is 5.91 Å². The number of anilines is 1. The Bertz CT molecular complexity index is 1030. The summed E-state index contributed by atoms with van der Waals surface area (Å²) in [5.74, 6) is -0.629. The molecule has 0 spiro atoms. The molecule has 2 N–H and O–H groups in total. The first-order valence-electron chi connectivity index (χ1n) is 9.03. The summed E-state index contributed by atoms with van der Waals surface area (Å²) in [6.07, 6.45) is 4.89. The molecule has 7 nitrogen and oxygen atoms in total. The van der Waals surface area contributed by atoms with Crippen LogP contribution in [0.2, 0.25) is 0 Å². The lowest BCUT2D eigenvalue weighted by Gasteiger charge is -2.12. The van der Waals surface area contributed by atoms with Gasteiger partial charge in [0.05, 0.1) is 5.56 Å². The molecule has 9 heteroatoms. The van der Waals surface area contributed by atoms with E-state index in [1.165, 1.54) is 18.3 Å². The highest BCUT2D eigenvalue weighted by Crippen LogP contribution is 2.22. The van der Waals surface area contributed by atoms with E-state index < -0.39 is 11.7 Å². The second-order valence-corrected chi connectivity index (χ2v) is 7.03. The lowest BCUT2D eigenvalue weighted by atomic mass is 10.2. The molecular formula is C21H18BrFN4O3. The number of amides is 2. The van der Waals surface area contributed by atoms with Gasteiger partial charge in [-0.1, -0.05) is 0 Å². The summed E-state index contributed by atoms with van der Waals surface area (Å²) in [5, 5.41) is 5.26. The molecule has 0 atom stereocenters. The minimum Gasteiger partial charge on any atom is -0.485 e. The van der Waals surface area contributed by atoms with Crippen LogP contribution in [0.5, 0.6) is 5.75 Å². The highest BCUT2D eigenvalue weighted by atomic mass is 79.9. The van der Waals surface area contributed by atoms with E-state index in [2.05, 4.69) is 36.5 Å². The Hall–Kier alpha value is -3.33. The predicted octanol–water partition coefficient (Wildman–Crippen LogP) is 3.72. The van der Waals surface area contributed by atoms with Crippen LogP contribution in [0.25, 0.3) is 0 Å². The van der Waals surface area contributed by atoms with Crippen molar-refractivity contribution in [3.05, 3.63) is 82.5 Å². The van der Waals surface area contributed by atoms with E-state index in [4.69, 9.17) is 4.74 Å². The molecule has 2 heterocycles. The number of nitrogens with one attached hydrogen (secondary N) is 2. The molecule has 0 fully saturated rings. The normalized spacial score (nSPS) is 10.3. The van der Waals surface area contributed by atoms with Crippen LogP contribution in [0, 0.1) is 5.82 Å². The summed E-state index contributed by atoms with van der Waals surface area (Å²) in [6, 6.07) is 10.9. The first-order valence-corrected chi connectivity index (χ1v) is 9.82. The number of ether oxygens (including phenoxy) is 1. The van der Waals surface area contributed by atoms with Crippen LogP contribution < -0.4 is 15.4 Å². The van der Waals surface area contributed by atoms with Crippen molar-refractivity contribution in [2.45, 2.75) is 13.0 Å². The summed E-state index contributed by atoms with van der Waals surface area (Å²) >= 11 is 3.20. The molecule has 0 aliphatic heterocycles. The van der Waals surface area contributed by atoms with Crippen molar-refractivity contribution in [3.8, 4) is 5.75 Å². The number of pyridine rings is 2. The molecule has 3 rings (SSSR count). The fraction of sp³-hybridized carbons (Fsp3) is 0.143. The third-order valence-corrected chi connectivity index (χ3v) is 4.67. The highest BCUT2D eigenvalue weighted by Gasteiger charge is 2.13. The summed E-state index contributed by atoms with van der Waals surface area (Å²) < 4.78 is 19.5. The molecule has 0 saturated carbocycles. The van der Waals surface area contributed by atoms with Crippen LogP contribution in [0.4, 0.5) is 10.2 Å². The second kappa shape index (κ2) is 10.4. The zero-order chi connectivity index (χ0) is 21.3. The van der Waals surface area contributed by atoms with Crippen LogP contribution >= 0.6 is 15.9 Å². The zero-order valence-corrected chi connectivity index (χ0v) is 17.4. The Morgan fingerprint density at radius 3 is 2.70 bits per heavy atom. The average molecular weight is 473 g/mol. The summed E-state index contributed by atoms with van der Waals surface area (Å²) in [5.41, 5.74) is 1.09. The molecule has 0 unspecified atom stereocenters. The Morgan fingerprint density at radius 2 is 1.90 bits per heavy atom. The molecule has 0 radical (unpaired) electrons. The molecule has 2 amide bonds. The molecule has 30 heavy (non-hydrogen) atoms. The maximum atomic E-state index is 13.3. The number of nitrogens with zero attached hydrogens (tertiary/aromatic N) is 2. The summed E-state index contributed by atoms with van der Waals surface area (Å²) in [6.45, 7) is 0.378. The fourth-order valence-electron chi connectivity index (χ4n) is 2.49. The fourth-order valence-corrected chi connectivity index (χ4v) is 2.92. The van der Waals surface area contributed by atoms with E-state index in [1.54, 1.807) is 24.5 Å². The van der Waals surface area contributed by atoms with Gasteiger partial charge in [-0.25, -0.2) is 9.37 Å². The predicted molar refractivity (Wildman–Crippen MR) is 112 cm³/mol. The van der Waals surface area contributed by atoms with E-state index >= 15 is 0 Å². The van der Waals surface area contributed by atoms with Crippen LogP contribution in [0.3, 0.4) is 0 Å². The molecule has 154 valence electrons. The van der Waals surface area contributed by atoms with Crippen molar-refractivity contribution in [1.82, 2.24) is 15.3 Å². The van der Waals surface area contributed by atoms with Gasteiger partial charge in [-0.15, -0.1) is 0 Å². The number of carbonyl (C=O) groups is 2. The van der Waals surface area contributed by atoms with Gasteiger partial charge in [-0.05, 0) is 64.0 Å². The summed E-state index contributed by atoms with van der Waals surface area (Å²) in [4.78, 5) is 32.5. The Labute approximate surface area is 180 Å². The van der Waals surface area contributed by atoms with Crippen molar-refractivity contribution in [2.75, 3.05) is 11.9 Å². The van der Waals surface area contributed by atoms with Gasteiger partial charge >= 0.3 is 0 Å². The Balaban J connectivity index is 1.51. The zero-order valence-electron chi connectivity index (χ0n) is 15.8. The van der Waals surface area contributed by atoms with Gasteiger partial charge in [0.15, 0.2) is 11.6 Å². The van der Waals surface area contributed by atoms with E-state index in [0.717, 1.165) is 11.6 Å². The van der Waals surface area contributed by atoms with Crippen LogP contribution in [0.15, 0.2) is 65.5 Å². The van der Waals surface area contributed by atoms with Crippen LogP contribution in [0.1, 0.15) is 22.3 Å². The highest BCUT2D eigenvalue weighted by molar-refractivity contribution is 9.10. The van der Waals surface area contributed by atoms with Crippen LogP contribution in [-0.2, 0) is 11.4 Å². The number of aromatic nitrogens is 2. The molecule has 2 aromatic heterocycles. The van der Waals surface area contributed by atoms with Crippen molar-refractivity contribution >= 4 is 33.6 Å².